The second-order valence-electron chi connectivity index (χ2n) is 9.28. The fourth-order valence-corrected chi connectivity index (χ4v) is 6.01. The number of hydrogen-bond acceptors (Lipinski definition) is 3. The third-order valence-corrected chi connectivity index (χ3v) is 7.40. The number of piperidine rings is 1. The number of benzene rings is 3. The zero-order valence-electron chi connectivity index (χ0n) is 18.8. The summed E-state index contributed by atoms with van der Waals surface area (Å²) < 4.78 is 0. The van der Waals surface area contributed by atoms with Gasteiger partial charge in [-0.2, -0.15) is 0 Å². The Bertz CT molecular complexity index is 1120. The van der Waals surface area contributed by atoms with Crippen molar-refractivity contribution in [3.63, 3.8) is 0 Å². The molecule has 0 aliphatic carbocycles. The summed E-state index contributed by atoms with van der Waals surface area (Å²) in [7, 11) is 0. The molecule has 33 heavy (non-hydrogen) atoms. The first-order valence-corrected chi connectivity index (χ1v) is 11.4. The molecule has 0 unspecified atom stereocenters. The van der Waals surface area contributed by atoms with E-state index in [-0.39, 0.29) is 35.1 Å². The highest BCUT2D eigenvalue weighted by Gasteiger charge is 2.54. The molecule has 6 heteroatoms. The summed E-state index contributed by atoms with van der Waals surface area (Å²) in [5, 5.41) is 11.1. The van der Waals surface area contributed by atoms with Crippen molar-refractivity contribution in [2.45, 2.75) is 37.8 Å². The molecule has 2 fully saturated rings. The number of rotatable bonds is 4. The number of carbonyl (C=O) groups is 1. The number of amides is 2. The van der Waals surface area contributed by atoms with E-state index >= 15 is 0 Å². The summed E-state index contributed by atoms with van der Waals surface area (Å²) in [6.07, 6.45) is 0.938. The second-order valence-corrected chi connectivity index (χ2v) is 9.28. The van der Waals surface area contributed by atoms with E-state index in [0.29, 0.717) is 12.2 Å². The molecule has 3 atom stereocenters. The van der Waals surface area contributed by atoms with Gasteiger partial charge in [-0.25, -0.2) is 4.79 Å². The van der Waals surface area contributed by atoms with Crippen molar-refractivity contribution in [2.75, 3.05) is 11.4 Å². The maximum Gasteiger partial charge on any atom is 0.325 e. The Kier molecular flexibility index (Phi) is 5.16. The lowest BCUT2D eigenvalue weighted by atomic mass is 9.64. The first kappa shape index (κ1) is 21.2. The molecule has 2 heterocycles. The van der Waals surface area contributed by atoms with Crippen LogP contribution in [0.4, 0.5) is 16.2 Å². The summed E-state index contributed by atoms with van der Waals surface area (Å²) in [6, 6.07) is 27.3. The molecule has 3 aromatic carbocycles. The van der Waals surface area contributed by atoms with Crippen molar-refractivity contribution in [3.8, 4) is 0 Å². The van der Waals surface area contributed by atoms with E-state index < -0.39 is 4.92 Å². The highest BCUT2D eigenvalue weighted by atomic mass is 16.6. The molecule has 2 aliphatic heterocycles. The van der Waals surface area contributed by atoms with Crippen LogP contribution < -0.4 is 4.90 Å². The predicted octanol–water partition coefficient (Wildman–Crippen LogP) is 5.62. The predicted molar refractivity (Wildman–Crippen MR) is 128 cm³/mol. The van der Waals surface area contributed by atoms with Gasteiger partial charge in [-0.1, -0.05) is 67.6 Å². The van der Waals surface area contributed by atoms with E-state index in [1.807, 2.05) is 17.0 Å². The van der Waals surface area contributed by atoms with Crippen LogP contribution in [-0.4, -0.2) is 34.5 Å². The Morgan fingerprint density at radius 1 is 0.879 bits per heavy atom. The summed E-state index contributed by atoms with van der Waals surface area (Å²) >= 11 is 0. The smallest absolute Gasteiger partial charge is 0.318 e. The van der Waals surface area contributed by atoms with Crippen LogP contribution in [-0.2, 0) is 5.41 Å². The molecule has 0 N–H and O–H groups in total. The number of non-ortho nitro benzene ring substituents is 1. The lowest BCUT2D eigenvalue weighted by Crippen LogP contribution is -2.55. The number of urea groups is 1. The third-order valence-electron chi connectivity index (χ3n) is 7.40. The molecular weight excluding hydrogens is 414 g/mol. The molecule has 5 rings (SSSR count). The molecule has 0 radical (unpaired) electrons. The Morgan fingerprint density at radius 3 is 1.94 bits per heavy atom. The van der Waals surface area contributed by atoms with Crippen molar-refractivity contribution in [3.05, 3.63) is 106 Å². The van der Waals surface area contributed by atoms with Crippen molar-refractivity contribution >= 4 is 17.4 Å². The number of fused-ring (bicyclic) bond motifs is 1. The summed E-state index contributed by atoms with van der Waals surface area (Å²) in [5.41, 5.74) is 2.87. The number of carbonyl (C=O) groups excluding carboxylic acids is 1. The van der Waals surface area contributed by atoms with Crippen molar-refractivity contribution in [1.29, 1.82) is 0 Å². The Hall–Kier alpha value is -3.67. The molecule has 0 aromatic heterocycles. The van der Waals surface area contributed by atoms with Crippen LogP contribution >= 0.6 is 0 Å². The van der Waals surface area contributed by atoms with Crippen LogP contribution in [0.3, 0.4) is 0 Å². The van der Waals surface area contributed by atoms with Gasteiger partial charge in [0, 0.05) is 29.8 Å². The molecule has 2 aliphatic rings. The highest BCUT2D eigenvalue weighted by Crippen LogP contribution is 2.48. The quantitative estimate of drug-likeness (QED) is 0.390. The Morgan fingerprint density at radius 2 is 1.42 bits per heavy atom. The number of nitrogens with zero attached hydrogens (tertiary/aromatic N) is 3. The molecule has 0 bridgehead atoms. The third kappa shape index (κ3) is 3.37. The van der Waals surface area contributed by atoms with E-state index in [1.165, 1.54) is 23.3 Å². The van der Waals surface area contributed by atoms with Crippen LogP contribution in [0.2, 0.25) is 0 Å². The average molecular weight is 442 g/mol. The molecule has 0 saturated carbocycles. The molecule has 2 amide bonds. The minimum Gasteiger partial charge on any atom is -0.318 e. The first-order chi connectivity index (χ1) is 15.9. The van der Waals surface area contributed by atoms with Crippen molar-refractivity contribution < 1.29 is 9.72 Å². The van der Waals surface area contributed by atoms with Gasteiger partial charge in [0.2, 0.25) is 0 Å². The number of anilines is 1. The normalized spacial score (nSPS) is 23.9. The van der Waals surface area contributed by atoms with E-state index in [2.05, 4.69) is 62.4 Å². The zero-order chi connectivity index (χ0) is 23.2. The minimum atomic E-state index is -0.418. The number of nitro benzene ring substituents is 1. The topological polar surface area (TPSA) is 66.7 Å². The van der Waals surface area contributed by atoms with Gasteiger partial charge in [-0.15, -0.1) is 0 Å². The molecular formula is C27H27N3O3. The van der Waals surface area contributed by atoms with Gasteiger partial charge in [0.1, 0.15) is 0 Å². The lowest BCUT2D eigenvalue weighted by molar-refractivity contribution is -0.384. The summed E-state index contributed by atoms with van der Waals surface area (Å²) in [6.45, 7) is 4.92. The van der Waals surface area contributed by atoms with Gasteiger partial charge in [0.15, 0.2) is 0 Å². The van der Waals surface area contributed by atoms with Gasteiger partial charge in [-0.3, -0.25) is 15.0 Å². The Labute approximate surface area is 193 Å². The van der Waals surface area contributed by atoms with Gasteiger partial charge in [-0.05, 0) is 42.5 Å². The van der Waals surface area contributed by atoms with Crippen LogP contribution in [0.15, 0.2) is 84.9 Å². The summed E-state index contributed by atoms with van der Waals surface area (Å²) in [5.74, 6) is 0.265. The molecule has 168 valence electrons. The zero-order valence-corrected chi connectivity index (χ0v) is 18.8. The van der Waals surface area contributed by atoms with Gasteiger partial charge < -0.3 is 4.90 Å². The summed E-state index contributed by atoms with van der Waals surface area (Å²) in [4.78, 5) is 28.3. The van der Waals surface area contributed by atoms with Crippen LogP contribution in [0.25, 0.3) is 0 Å². The van der Waals surface area contributed by atoms with Gasteiger partial charge >= 0.3 is 6.03 Å². The van der Waals surface area contributed by atoms with Crippen molar-refractivity contribution in [2.24, 2.45) is 5.92 Å². The van der Waals surface area contributed by atoms with Crippen molar-refractivity contribution in [1.82, 2.24) is 4.90 Å². The van der Waals surface area contributed by atoms with E-state index in [0.717, 1.165) is 6.42 Å². The maximum atomic E-state index is 13.8. The minimum absolute atomic E-state index is 0.0244. The molecule has 6 nitrogen and oxygen atoms in total. The molecule has 0 spiro atoms. The SMILES string of the molecule is C[C@@H]1CC(c2ccccc2)(c2ccccc2)CN2C(=O)N(c3ccc([N+](=O)[O-])cc3)[C@@H](C)[C@H]12. The second kappa shape index (κ2) is 8.03. The fourth-order valence-electron chi connectivity index (χ4n) is 6.01. The molecule has 3 aromatic rings. The number of nitro groups is 1. The highest BCUT2D eigenvalue weighted by molar-refractivity contribution is 5.96. The standard InChI is InChI=1S/C27H27N3O3/c1-19-17-27(21-9-5-3-6-10-21,22-11-7-4-8-12-22)18-28-25(19)20(2)29(26(28)31)23-13-15-24(16-14-23)30(32)33/h3-16,19-20,25H,17-18H2,1-2H3/t19-,20+,25+/m1/s1. The van der Waals surface area contributed by atoms with Gasteiger partial charge in [0.25, 0.3) is 5.69 Å². The average Bonchev–Trinajstić information content (AvgIpc) is 3.10. The van der Waals surface area contributed by atoms with E-state index in [1.54, 1.807) is 17.0 Å². The van der Waals surface area contributed by atoms with E-state index in [9.17, 15) is 14.9 Å². The lowest BCUT2D eigenvalue weighted by Gasteiger charge is -2.48. The van der Waals surface area contributed by atoms with Crippen LogP contribution in [0.1, 0.15) is 31.4 Å². The fraction of sp³-hybridized carbons (Fsp3) is 0.296. The van der Waals surface area contributed by atoms with Crippen LogP contribution in [0, 0.1) is 16.0 Å². The Balaban J connectivity index is 1.56. The van der Waals surface area contributed by atoms with Crippen LogP contribution in [0.5, 0.6) is 0 Å². The largest absolute Gasteiger partial charge is 0.325 e. The van der Waals surface area contributed by atoms with Gasteiger partial charge in [0.05, 0.1) is 17.0 Å². The maximum absolute atomic E-state index is 13.8. The van der Waals surface area contributed by atoms with E-state index in [4.69, 9.17) is 0 Å². The monoisotopic (exact) mass is 441 g/mol. The molecule has 2 saturated heterocycles. The number of hydrogen-bond donors (Lipinski definition) is 0. The first-order valence-electron chi connectivity index (χ1n) is 11.4.